The van der Waals surface area contributed by atoms with Gasteiger partial charge >= 0.3 is 0 Å². The molecular formula is C16H15NO4. The molecule has 21 heavy (non-hydrogen) atoms. The van der Waals surface area contributed by atoms with E-state index in [4.69, 9.17) is 13.9 Å². The third kappa shape index (κ3) is 2.42. The number of benzene rings is 1. The van der Waals surface area contributed by atoms with E-state index >= 15 is 0 Å². The van der Waals surface area contributed by atoms with Gasteiger partial charge in [-0.25, -0.2) is 4.98 Å². The van der Waals surface area contributed by atoms with Gasteiger partial charge in [-0.05, 0) is 36.6 Å². The minimum Gasteiger partial charge on any atom is -0.493 e. The molecule has 1 aromatic heterocycles. The topological polar surface area (TPSA) is 61.6 Å². The van der Waals surface area contributed by atoms with Crippen molar-refractivity contribution in [2.45, 2.75) is 12.8 Å². The Kier molecular flexibility index (Phi) is 3.48. The first-order valence-electron chi connectivity index (χ1n) is 6.61. The molecular weight excluding hydrogens is 270 g/mol. The molecule has 0 saturated heterocycles. The standard InChI is InChI=1S/C16H15NO4/c1-19-14-6-10-3-4-11(5-12-8-21-9-17-12)16(18)13(10)7-15(14)20-2/h5-9H,3-4H2,1-2H3/b11-5-. The van der Waals surface area contributed by atoms with Crippen LogP contribution >= 0.6 is 0 Å². The molecule has 0 unspecified atom stereocenters. The van der Waals surface area contributed by atoms with Crippen LogP contribution in [0.15, 0.2) is 34.8 Å². The molecule has 1 aliphatic carbocycles. The number of Topliss-reactive ketones (excluding diaryl/α,β-unsaturated/α-hetero) is 1. The van der Waals surface area contributed by atoms with Crippen LogP contribution in [0.2, 0.25) is 0 Å². The Bertz CT molecular complexity index is 701. The molecule has 1 heterocycles. The van der Waals surface area contributed by atoms with E-state index in [1.54, 1.807) is 26.4 Å². The maximum atomic E-state index is 12.6. The summed E-state index contributed by atoms with van der Waals surface area (Å²) in [4.78, 5) is 16.6. The average molecular weight is 285 g/mol. The van der Waals surface area contributed by atoms with Crippen LogP contribution in [-0.4, -0.2) is 25.0 Å². The van der Waals surface area contributed by atoms with Crippen LogP contribution in [0.1, 0.15) is 28.0 Å². The minimum absolute atomic E-state index is 0.000188. The van der Waals surface area contributed by atoms with Crippen molar-refractivity contribution in [3.63, 3.8) is 0 Å². The Morgan fingerprint density at radius 3 is 2.62 bits per heavy atom. The molecule has 108 valence electrons. The minimum atomic E-state index is 0.000188. The fourth-order valence-electron chi connectivity index (χ4n) is 2.50. The van der Waals surface area contributed by atoms with Crippen LogP contribution in [0.25, 0.3) is 6.08 Å². The van der Waals surface area contributed by atoms with Crippen molar-refractivity contribution in [1.29, 1.82) is 0 Å². The molecule has 5 heteroatoms. The summed E-state index contributed by atoms with van der Waals surface area (Å²) >= 11 is 0. The normalized spacial score (nSPS) is 15.9. The number of oxazole rings is 1. The summed E-state index contributed by atoms with van der Waals surface area (Å²) in [6.45, 7) is 0. The molecule has 1 aromatic carbocycles. The predicted molar refractivity (Wildman–Crippen MR) is 76.7 cm³/mol. The van der Waals surface area contributed by atoms with Crippen LogP contribution < -0.4 is 9.47 Å². The smallest absolute Gasteiger partial charge is 0.189 e. The number of nitrogens with zero attached hydrogens (tertiary/aromatic N) is 1. The zero-order valence-corrected chi connectivity index (χ0v) is 11.9. The highest BCUT2D eigenvalue weighted by Crippen LogP contribution is 2.35. The molecule has 0 saturated carbocycles. The molecule has 1 aliphatic rings. The van der Waals surface area contributed by atoms with Gasteiger partial charge in [0.05, 0.1) is 14.2 Å². The largest absolute Gasteiger partial charge is 0.493 e. The molecule has 2 aromatic rings. The highest BCUT2D eigenvalue weighted by atomic mass is 16.5. The Balaban J connectivity index is 2.01. The number of rotatable bonds is 3. The number of ketones is 1. The first-order valence-corrected chi connectivity index (χ1v) is 6.61. The zero-order valence-electron chi connectivity index (χ0n) is 11.9. The first-order chi connectivity index (χ1) is 10.2. The highest BCUT2D eigenvalue weighted by Gasteiger charge is 2.24. The highest BCUT2D eigenvalue weighted by molar-refractivity contribution is 6.13. The van der Waals surface area contributed by atoms with E-state index in [0.29, 0.717) is 29.2 Å². The van der Waals surface area contributed by atoms with Crippen molar-refractivity contribution in [3.05, 3.63) is 47.2 Å². The molecule has 5 nitrogen and oxygen atoms in total. The second-order valence-corrected chi connectivity index (χ2v) is 4.78. The Morgan fingerprint density at radius 2 is 1.95 bits per heavy atom. The number of hydrogen-bond donors (Lipinski definition) is 0. The lowest BCUT2D eigenvalue weighted by atomic mass is 9.86. The maximum Gasteiger partial charge on any atom is 0.189 e. The quantitative estimate of drug-likeness (QED) is 0.811. The van der Waals surface area contributed by atoms with Gasteiger partial charge in [0.25, 0.3) is 0 Å². The van der Waals surface area contributed by atoms with Crippen molar-refractivity contribution in [2.75, 3.05) is 14.2 Å². The summed E-state index contributed by atoms with van der Waals surface area (Å²) in [6.07, 6.45) is 6.09. The van der Waals surface area contributed by atoms with Crippen LogP contribution in [0.4, 0.5) is 0 Å². The van der Waals surface area contributed by atoms with Gasteiger partial charge in [0.15, 0.2) is 23.7 Å². The molecule has 3 rings (SSSR count). The lowest BCUT2D eigenvalue weighted by molar-refractivity contribution is 0.102. The van der Waals surface area contributed by atoms with Crippen molar-refractivity contribution >= 4 is 11.9 Å². The lowest BCUT2D eigenvalue weighted by Gasteiger charge is -2.19. The summed E-state index contributed by atoms with van der Waals surface area (Å²) in [5, 5.41) is 0. The fourth-order valence-corrected chi connectivity index (χ4v) is 2.50. The van der Waals surface area contributed by atoms with Crippen molar-refractivity contribution in [1.82, 2.24) is 4.98 Å². The van der Waals surface area contributed by atoms with Gasteiger partial charge in [-0.3, -0.25) is 4.79 Å². The molecule has 0 radical (unpaired) electrons. The number of hydrogen-bond acceptors (Lipinski definition) is 5. The van der Waals surface area contributed by atoms with Gasteiger partial charge in [-0.1, -0.05) is 0 Å². The van der Waals surface area contributed by atoms with Crippen molar-refractivity contribution < 1.29 is 18.7 Å². The van der Waals surface area contributed by atoms with Gasteiger partial charge < -0.3 is 13.9 Å². The van der Waals surface area contributed by atoms with Crippen molar-refractivity contribution in [2.24, 2.45) is 0 Å². The van der Waals surface area contributed by atoms with Crippen LogP contribution in [0, 0.1) is 0 Å². The summed E-state index contributed by atoms with van der Waals surface area (Å²) in [7, 11) is 3.15. The average Bonchev–Trinajstić information content (AvgIpc) is 3.02. The maximum absolute atomic E-state index is 12.6. The number of methoxy groups -OCH3 is 2. The Hall–Kier alpha value is -2.56. The summed E-state index contributed by atoms with van der Waals surface area (Å²) in [5.41, 5.74) is 3.02. The Morgan fingerprint density at radius 1 is 1.19 bits per heavy atom. The Labute approximate surface area is 122 Å². The fraction of sp³-hybridized carbons (Fsp3) is 0.250. The predicted octanol–water partition coefficient (Wildman–Crippen LogP) is 2.90. The van der Waals surface area contributed by atoms with Crippen molar-refractivity contribution in [3.8, 4) is 11.5 Å². The van der Waals surface area contributed by atoms with E-state index in [0.717, 1.165) is 17.6 Å². The molecule has 0 fully saturated rings. The SMILES string of the molecule is COc1cc2c(cc1OC)C(=O)/C(=C\c1cocn1)CC2. The number of ether oxygens (including phenoxy) is 2. The summed E-state index contributed by atoms with van der Waals surface area (Å²) in [6, 6.07) is 3.62. The molecule has 0 aliphatic heterocycles. The second-order valence-electron chi connectivity index (χ2n) is 4.78. The number of allylic oxidation sites excluding steroid dienone is 1. The molecule has 0 atom stereocenters. The third-order valence-corrected chi connectivity index (χ3v) is 3.58. The monoisotopic (exact) mass is 285 g/mol. The first kappa shape index (κ1) is 13.4. The molecule has 0 spiro atoms. The number of carbonyl (C=O) groups excluding carboxylic acids is 1. The zero-order chi connectivity index (χ0) is 14.8. The van der Waals surface area contributed by atoms with E-state index in [1.165, 1.54) is 12.7 Å². The van der Waals surface area contributed by atoms with Gasteiger partial charge in [-0.15, -0.1) is 0 Å². The van der Waals surface area contributed by atoms with Gasteiger partial charge in [0.2, 0.25) is 0 Å². The summed E-state index contributed by atoms with van der Waals surface area (Å²) in [5.74, 6) is 1.21. The van der Waals surface area contributed by atoms with Gasteiger partial charge in [0.1, 0.15) is 12.0 Å². The van der Waals surface area contributed by atoms with E-state index in [2.05, 4.69) is 4.98 Å². The second kappa shape index (κ2) is 5.44. The molecule has 0 amide bonds. The number of aryl methyl sites for hydroxylation is 1. The summed E-state index contributed by atoms with van der Waals surface area (Å²) < 4.78 is 15.5. The molecule has 0 bridgehead atoms. The van der Waals surface area contributed by atoms with Gasteiger partial charge in [0, 0.05) is 11.1 Å². The van der Waals surface area contributed by atoms with Crippen LogP contribution in [-0.2, 0) is 6.42 Å². The number of aromatic nitrogens is 1. The molecule has 0 N–H and O–H groups in total. The van der Waals surface area contributed by atoms with E-state index in [-0.39, 0.29) is 5.78 Å². The van der Waals surface area contributed by atoms with E-state index < -0.39 is 0 Å². The van der Waals surface area contributed by atoms with E-state index in [9.17, 15) is 4.79 Å². The number of carbonyl (C=O) groups is 1. The van der Waals surface area contributed by atoms with E-state index in [1.807, 2.05) is 6.07 Å². The number of fused-ring (bicyclic) bond motifs is 1. The van der Waals surface area contributed by atoms with Crippen LogP contribution in [0.5, 0.6) is 11.5 Å². The van der Waals surface area contributed by atoms with Crippen LogP contribution in [0.3, 0.4) is 0 Å². The lowest BCUT2D eigenvalue weighted by Crippen LogP contribution is -2.14. The third-order valence-electron chi connectivity index (χ3n) is 3.58. The van der Waals surface area contributed by atoms with Gasteiger partial charge in [-0.2, -0.15) is 0 Å².